The van der Waals surface area contributed by atoms with E-state index in [1.165, 1.54) is 36.4 Å². The number of phenolic OH excluding ortho intramolecular Hbond substituents is 1. The van der Waals surface area contributed by atoms with Gasteiger partial charge >= 0.3 is 59.1 Å². The van der Waals surface area contributed by atoms with E-state index >= 15 is 0 Å². The Kier molecular flexibility index (Phi) is 8.92. The molecule has 0 heterocycles. The van der Waals surface area contributed by atoms with Gasteiger partial charge in [0.15, 0.2) is 0 Å². The molecule has 0 fully saturated rings. The van der Waals surface area contributed by atoms with E-state index in [0.29, 0.717) is 5.39 Å². The molecule has 4 aromatic carbocycles. The number of aromatic hydroxyl groups is 1. The number of anilines is 1. The average molecular weight is 517 g/mol. The van der Waals surface area contributed by atoms with Gasteiger partial charge in [-0.05, 0) is 47.9 Å². The van der Waals surface area contributed by atoms with Crippen LogP contribution in [0, 0.1) is 0 Å². The predicted octanol–water partition coefficient (Wildman–Crippen LogP) is -2.49. The van der Waals surface area contributed by atoms with Crippen molar-refractivity contribution < 1.29 is 90.2 Å². The second kappa shape index (κ2) is 10.6. The number of rotatable bonds is 4. The van der Waals surface area contributed by atoms with Crippen molar-refractivity contribution in [2.24, 2.45) is 10.2 Å². The third kappa shape index (κ3) is 5.79. The summed E-state index contributed by atoms with van der Waals surface area (Å²) in [6.45, 7) is 0. The van der Waals surface area contributed by atoms with Crippen LogP contribution in [0.15, 0.2) is 80.7 Å². The second-order valence-corrected chi connectivity index (χ2v) is 9.54. The zero-order valence-electron chi connectivity index (χ0n) is 18.0. The van der Waals surface area contributed by atoms with Gasteiger partial charge in [0.1, 0.15) is 26.0 Å². The monoisotopic (exact) mass is 517 g/mol. The van der Waals surface area contributed by atoms with Gasteiger partial charge in [-0.25, -0.2) is 16.8 Å². The van der Waals surface area contributed by atoms with Crippen LogP contribution in [-0.2, 0) is 20.2 Å². The smallest absolute Gasteiger partial charge is 0.744 e. The second-order valence-electron chi connectivity index (χ2n) is 6.81. The van der Waals surface area contributed by atoms with Crippen LogP contribution < -0.4 is 64.8 Å². The fourth-order valence-electron chi connectivity index (χ4n) is 3.30. The molecule has 34 heavy (non-hydrogen) atoms. The van der Waals surface area contributed by atoms with Gasteiger partial charge in [0.25, 0.3) is 0 Å². The van der Waals surface area contributed by atoms with Crippen molar-refractivity contribution in [1.82, 2.24) is 0 Å². The Morgan fingerprint density at radius 3 is 2.15 bits per heavy atom. The van der Waals surface area contributed by atoms with Gasteiger partial charge < -0.3 is 19.9 Å². The van der Waals surface area contributed by atoms with Crippen molar-refractivity contribution in [1.29, 1.82) is 0 Å². The van der Waals surface area contributed by atoms with Crippen LogP contribution in [-0.4, -0.2) is 31.0 Å². The number of azo groups is 1. The molecule has 0 aliphatic heterocycles. The van der Waals surface area contributed by atoms with Gasteiger partial charge in [0, 0.05) is 21.8 Å². The molecule has 0 amide bonds. The van der Waals surface area contributed by atoms with Gasteiger partial charge in [-0.1, -0.05) is 18.2 Å². The van der Waals surface area contributed by atoms with Crippen molar-refractivity contribution in [3.8, 4) is 5.75 Å². The number of benzene rings is 4. The SMILES string of the molecule is Nc1ccc(N=Nc2ccc3cccc(S(=O)(=O)[O-])c3c2)c2cc(S(=O)(=O)[O-])cc(O)c12.[Na+].[Na+]. The summed E-state index contributed by atoms with van der Waals surface area (Å²) in [5, 5.41) is 19.1. The summed E-state index contributed by atoms with van der Waals surface area (Å²) in [7, 11) is -9.59. The number of nitrogens with zero attached hydrogens (tertiary/aromatic N) is 2. The van der Waals surface area contributed by atoms with E-state index in [-0.39, 0.29) is 92.3 Å². The summed E-state index contributed by atoms with van der Waals surface area (Å²) in [4.78, 5) is -1.07. The largest absolute Gasteiger partial charge is 1.00 e. The minimum absolute atomic E-state index is 0. The Labute approximate surface area is 239 Å². The molecule has 4 rings (SSSR count). The molecule has 0 aromatic heterocycles. The Hall–Kier alpha value is -1.58. The maximum Gasteiger partial charge on any atom is 1.00 e. The summed E-state index contributed by atoms with van der Waals surface area (Å²) >= 11 is 0. The van der Waals surface area contributed by atoms with Crippen LogP contribution in [0.3, 0.4) is 0 Å². The molecule has 10 nitrogen and oxygen atoms in total. The number of fused-ring (bicyclic) bond motifs is 2. The molecule has 0 radical (unpaired) electrons. The van der Waals surface area contributed by atoms with Crippen LogP contribution in [0.1, 0.15) is 0 Å². The number of hydrogen-bond acceptors (Lipinski definition) is 10. The molecule has 14 heteroatoms. The normalized spacial score (nSPS) is 11.9. The minimum Gasteiger partial charge on any atom is -0.744 e. The topological polar surface area (TPSA) is 185 Å². The standard InChI is InChI=1S/C20H15N3O7S2.2Na/c21-16-6-7-17(15-9-13(31(25,26)27)10-18(24)20(15)16)23-22-12-5-4-11-2-1-3-19(14(11)8-12)32(28,29)30;;/h1-10,24H,21H2,(H,25,26,27)(H,28,29,30);;/q;2*+1/p-2. The molecule has 0 aliphatic rings. The Morgan fingerprint density at radius 2 is 1.50 bits per heavy atom. The van der Waals surface area contributed by atoms with Gasteiger partial charge in [-0.2, -0.15) is 5.11 Å². The Balaban J connectivity index is 0.00000204. The van der Waals surface area contributed by atoms with Gasteiger partial charge in [0.2, 0.25) is 0 Å². The van der Waals surface area contributed by atoms with E-state index in [1.54, 1.807) is 12.1 Å². The number of phenols is 1. The van der Waals surface area contributed by atoms with Gasteiger partial charge in [0.05, 0.1) is 21.2 Å². The van der Waals surface area contributed by atoms with Crippen molar-refractivity contribution in [2.45, 2.75) is 9.79 Å². The van der Waals surface area contributed by atoms with E-state index in [2.05, 4.69) is 10.2 Å². The van der Waals surface area contributed by atoms with Crippen molar-refractivity contribution in [2.75, 3.05) is 5.73 Å². The first-order valence-electron chi connectivity index (χ1n) is 8.87. The molecular formula is C20H13N3Na2O7S2. The maximum atomic E-state index is 11.5. The van der Waals surface area contributed by atoms with Crippen LogP contribution in [0.5, 0.6) is 5.75 Å². The molecule has 3 N–H and O–H groups in total. The number of nitrogen functional groups attached to an aromatic ring is 1. The van der Waals surface area contributed by atoms with Crippen LogP contribution >= 0.6 is 0 Å². The maximum absolute atomic E-state index is 11.5. The summed E-state index contributed by atoms with van der Waals surface area (Å²) in [5.41, 5.74) is 6.29. The van der Waals surface area contributed by atoms with Crippen LogP contribution in [0.25, 0.3) is 21.5 Å². The zero-order chi connectivity index (χ0) is 23.3. The van der Waals surface area contributed by atoms with Crippen molar-refractivity contribution in [3.05, 3.63) is 60.7 Å². The Morgan fingerprint density at radius 1 is 0.794 bits per heavy atom. The molecule has 0 atom stereocenters. The molecule has 164 valence electrons. The average Bonchev–Trinajstić information content (AvgIpc) is 2.71. The van der Waals surface area contributed by atoms with Crippen LogP contribution in [0.4, 0.5) is 17.1 Å². The number of hydrogen-bond donors (Lipinski definition) is 2. The molecule has 0 spiro atoms. The Bertz CT molecular complexity index is 1660. The molecule has 0 saturated carbocycles. The third-order valence-corrected chi connectivity index (χ3v) is 6.44. The predicted molar refractivity (Wildman–Crippen MR) is 114 cm³/mol. The fourth-order valence-corrected chi connectivity index (χ4v) is 4.51. The quantitative estimate of drug-likeness (QED) is 0.129. The summed E-state index contributed by atoms with van der Waals surface area (Å²) in [5.74, 6) is -0.512. The summed E-state index contributed by atoms with van der Waals surface area (Å²) in [6.07, 6.45) is 0. The fraction of sp³-hybridized carbons (Fsp3) is 0. The van der Waals surface area contributed by atoms with E-state index in [4.69, 9.17) is 5.73 Å². The first kappa shape index (κ1) is 28.7. The summed E-state index contributed by atoms with van der Waals surface area (Å²) < 4.78 is 68.9. The van der Waals surface area contributed by atoms with Gasteiger partial charge in [-0.3, -0.25) is 0 Å². The van der Waals surface area contributed by atoms with Crippen LogP contribution in [0.2, 0.25) is 0 Å². The van der Waals surface area contributed by atoms with E-state index in [0.717, 1.165) is 12.1 Å². The van der Waals surface area contributed by atoms with E-state index in [1.807, 2.05) is 0 Å². The molecule has 4 aromatic rings. The zero-order valence-corrected chi connectivity index (χ0v) is 23.6. The minimum atomic E-state index is -4.87. The molecular weight excluding hydrogens is 504 g/mol. The third-order valence-electron chi connectivity index (χ3n) is 4.73. The number of nitrogens with two attached hydrogens (primary N) is 1. The van der Waals surface area contributed by atoms with Crippen molar-refractivity contribution >= 4 is 58.8 Å². The van der Waals surface area contributed by atoms with E-state index < -0.39 is 35.8 Å². The first-order valence-corrected chi connectivity index (χ1v) is 11.7. The molecule has 0 unspecified atom stereocenters. The van der Waals surface area contributed by atoms with Crippen molar-refractivity contribution in [3.63, 3.8) is 0 Å². The first-order chi connectivity index (χ1) is 14.9. The molecule has 0 saturated heterocycles. The van der Waals surface area contributed by atoms with E-state index in [9.17, 15) is 31.0 Å². The summed E-state index contributed by atoms with van der Waals surface area (Å²) in [6, 6.07) is 13.4. The molecule has 0 bridgehead atoms. The molecule has 0 aliphatic carbocycles. The van der Waals surface area contributed by atoms with Gasteiger partial charge in [-0.15, -0.1) is 5.11 Å².